The van der Waals surface area contributed by atoms with Gasteiger partial charge in [0.15, 0.2) is 0 Å². The van der Waals surface area contributed by atoms with Gasteiger partial charge in [-0.05, 0) is 30.9 Å². The van der Waals surface area contributed by atoms with Crippen LogP contribution in [0.15, 0.2) is 0 Å². The molecule has 0 amide bonds. The highest BCUT2D eigenvalue weighted by atomic mass is 35.5. The van der Waals surface area contributed by atoms with E-state index in [1.165, 1.54) is 12.8 Å². The topological polar surface area (TPSA) is 25.8 Å². The fourth-order valence-electron chi connectivity index (χ4n) is 2.38. The van der Waals surface area contributed by atoms with Gasteiger partial charge in [-0.3, -0.25) is 0 Å². The minimum atomic E-state index is 0.461. The van der Waals surface area contributed by atoms with Crippen molar-refractivity contribution in [1.82, 2.24) is 9.97 Å². The SMILES string of the molecule is CCCSCc1nc(Cl)c(C2CCCC2)c(Cl)n1. The first-order chi connectivity index (χ1) is 8.72. The molecule has 0 N–H and O–H groups in total. The molecule has 1 aromatic rings. The Labute approximate surface area is 123 Å². The van der Waals surface area contributed by atoms with Crippen molar-refractivity contribution in [2.24, 2.45) is 0 Å². The predicted molar refractivity (Wildman–Crippen MR) is 79.7 cm³/mol. The average Bonchev–Trinajstić information content (AvgIpc) is 2.82. The second kappa shape index (κ2) is 6.97. The summed E-state index contributed by atoms with van der Waals surface area (Å²) in [5, 5.41) is 1.13. The Morgan fingerprint density at radius 3 is 2.33 bits per heavy atom. The van der Waals surface area contributed by atoms with Gasteiger partial charge in [0.05, 0.1) is 5.75 Å². The van der Waals surface area contributed by atoms with E-state index >= 15 is 0 Å². The average molecular weight is 305 g/mol. The van der Waals surface area contributed by atoms with E-state index in [-0.39, 0.29) is 0 Å². The fourth-order valence-corrected chi connectivity index (χ4v) is 3.86. The van der Waals surface area contributed by atoms with Crippen molar-refractivity contribution in [1.29, 1.82) is 0 Å². The third-order valence-corrected chi connectivity index (χ3v) is 4.98. The molecule has 0 radical (unpaired) electrons. The van der Waals surface area contributed by atoms with Crippen molar-refractivity contribution >= 4 is 35.0 Å². The third kappa shape index (κ3) is 3.52. The standard InChI is InChI=1S/C13H18Cl2N2S/c1-2-7-18-8-10-16-12(14)11(13(15)17-10)9-5-3-4-6-9/h9H,2-8H2,1H3. The first-order valence-electron chi connectivity index (χ1n) is 6.52. The highest BCUT2D eigenvalue weighted by molar-refractivity contribution is 7.98. The minimum Gasteiger partial charge on any atom is -0.220 e. The van der Waals surface area contributed by atoms with Gasteiger partial charge in [0.1, 0.15) is 16.1 Å². The lowest BCUT2D eigenvalue weighted by atomic mass is 10.0. The number of hydrogen-bond acceptors (Lipinski definition) is 3. The Kier molecular flexibility index (Phi) is 5.58. The van der Waals surface area contributed by atoms with Crippen molar-refractivity contribution in [3.05, 3.63) is 21.7 Å². The van der Waals surface area contributed by atoms with Gasteiger partial charge in [-0.1, -0.05) is 43.0 Å². The second-order valence-electron chi connectivity index (χ2n) is 4.67. The van der Waals surface area contributed by atoms with Gasteiger partial charge in [-0.15, -0.1) is 0 Å². The Hall–Kier alpha value is 0.01000. The van der Waals surface area contributed by atoms with Crippen LogP contribution >= 0.6 is 35.0 Å². The van der Waals surface area contributed by atoms with Crippen LogP contribution in [0.1, 0.15) is 56.3 Å². The van der Waals surface area contributed by atoms with Crippen LogP contribution in [0.2, 0.25) is 10.3 Å². The molecule has 0 spiro atoms. The quantitative estimate of drug-likeness (QED) is 0.560. The number of rotatable bonds is 5. The van der Waals surface area contributed by atoms with E-state index in [0.29, 0.717) is 16.2 Å². The first-order valence-corrected chi connectivity index (χ1v) is 8.43. The van der Waals surface area contributed by atoms with Crippen LogP contribution in [-0.2, 0) is 5.75 Å². The molecule has 18 heavy (non-hydrogen) atoms. The molecule has 0 unspecified atom stereocenters. The van der Waals surface area contributed by atoms with Crippen LogP contribution in [0.5, 0.6) is 0 Å². The number of aromatic nitrogens is 2. The predicted octanol–water partition coefficient (Wildman–Crippen LogP) is 5.08. The van der Waals surface area contributed by atoms with Crippen molar-refractivity contribution in [2.75, 3.05) is 5.75 Å². The zero-order chi connectivity index (χ0) is 13.0. The summed E-state index contributed by atoms with van der Waals surface area (Å²) < 4.78 is 0. The van der Waals surface area contributed by atoms with Crippen LogP contribution in [-0.4, -0.2) is 15.7 Å². The van der Waals surface area contributed by atoms with Gasteiger partial charge in [0, 0.05) is 5.56 Å². The van der Waals surface area contributed by atoms with Crippen LogP contribution in [0.3, 0.4) is 0 Å². The van der Waals surface area contributed by atoms with Gasteiger partial charge < -0.3 is 0 Å². The maximum atomic E-state index is 6.28. The number of nitrogens with zero attached hydrogens (tertiary/aromatic N) is 2. The Bertz CT molecular complexity index is 383. The highest BCUT2D eigenvalue weighted by Gasteiger charge is 2.24. The molecule has 0 aliphatic heterocycles. The molecule has 0 aromatic carbocycles. The molecular weight excluding hydrogens is 287 g/mol. The van der Waals surface area contributed by atoms with E-state index in [0.717, 1.165) is 42.2 Å². The summed E-state index contributed by atoms with van der Waals surface area (Å²) >= 11 is 14.4. The largest absolute Gasteiger partial charge is 0.220 e. The molecular formula is C13H18Cl2N2S. The van der Waals surface area contributed by atoms with Gasteiger partial charge in [-0.25, -0.2) is 9.97 Å². The summed E-state index contributed by atoms with van der Waals surface area (Å²) in [4.78, 5) is 8.80. The van der Waals surface area contributed by atoms with Crippen LogP contribution in [0.25, 0.3) is 0 Å². The van der Waals surface area contributed by atoms with E-state index in [9.17, 15) is 0 Å². The van der Waals surface area contributed by atoms with Gasteiger partial charge >= 0.3 is 0 Å². The molecule has 1 saturated carbocycles. The Balaban J connectivity index is 2.12. The molecule has 2 rings (SSSR count). The summed E-state index contributed by atoms with van der Waals surface area (Å²) in [5.74, 6) is 3.12. The molecule has 1 aliphatic carbocycles. The number of halogens is 2. The van der Waals surface area contributed by atoms with Crippen LogP contribution < -0.4 is 0 Å². The van der Waals surface area contributed by atoms with E-state index in [1.54, 1.807) is 0 Å². The van der Waals surface area contributed by atoms with Crippen molar-refractivity contribution in [3.63, 3.8) is 0 Å². The molecule has 0 bridgehead atoms. The van der Waals surface area contributed by atoms with Crippen LogP contribution in [0, 0.1) is 0 Å². The first kappa shape index (κ1) is 14.4. The Morgan fingerprint density at radius 2 is 1.78 bits per heavy atom. The van der Waals surface area contributed by atoms with E-state index in [4.69, 9.17) is 23.2 Å². The maximum Gasteiger partial charge on any atom is 0.141 e. The summed E-state index contributed by atoms with van der Waals surface area (Å²) in [6.45, 7) is 2.16. The smallest absolute Gasteiger partial charge is 0.141 e. The maximum absolute atomic E-state index is 6.28. The molecule has 100 valence electrons. The number of hydrogen-bond donors (Lipinski definition) is 0. The van der Waals surface area contributed by atoms with Gasteiger partial charge in [-0.2, -0.15) is 11.8 Å². The molecule has 1 heterocycles. The third-order valence-electron chi connectivity index (χ3n) is 3.24. The zero-order valence-corrected chi connectivity index (χ0v) is 12.9. The lowest BCUT2D eigenvalue weighted by molar-refractivity contribution is 0.712. The lowest BCUT2D eigenvalue weighted by Gasteiger charge is -2.13. The van der Waals surface area contributed by atoms with Crippen LogP contribution in [0.4, 0.5) is 0 Å². The molecule has 1 fully saturated rings. The normalized spacial score (nSPS) is 16.4. The van der Waals surface area contributed by atoms with Gasteiger partial charge in [0.2, 0.25) is 0 Å². The molecule has 1 aromatic heterocycles. The van der Waals surface area contributed by atoms with Crippen molar-refractivity contribution in [3.8, 4) is 0 Å². The monoisotopic (exact) mass is 304 g/mol. The molecule has 1 aliphatic rings. The lowest BCUT2D eigenvalue weighted by Crippen LogP contribution is -2.03. The summed E-state index contributed by atoms with van der Waals surface area (Å²) in [6.07, 6.45) is 5.99. The fraction of sp³-hybridized carbons (Fsp3) is 0.692. The molecule has 0 atom stereocenters. The molecule has 0 saturated heterocycles. The van der Waals surface area contributed by atoms with E-state index in [1.807, 2.05) is 11.8 Å². The molecule has 5 heteroatoms. The van der Waals surface area contributed by atoms with Crippen molar-refractivity contribution in [2.45, 2.75) is 50.7 Å². The summed E-state index contributed by atoms with van der Waals surface area (Å²) in [7, 11) is 0. The van der Waals surface area contributed by atoms with Gasteiger partial charge in [0.25, 0.3) is 0 Å². The molecule has 2 nitrogen and oxygen atoms in total. The number of thioether (sulfide) groups is 1. The summed E-state index contributed by atoms with van der Waals surface area (Å²) in [6, 6.07) is 0. The van der Waals surface area contributed by atoms with E-state index < -0.39 is 0 Å². The Morgan fingerprint density at radius 1 is 1.17 bits per heavy atom. The second-order valence-corrected chi connectivity index (χ2v) is 6.49. The van der Waals surface area contributed by atoms with Crippen molar-refractivity contribution < 1.29 is 0 Å². The highest BCUT2D eigenvalue weighted by Crippen LogP contribution is 2.40. The minimum absolute atomic E-state index is 0.461. The van der Waals surface area contributed by atoms with E-state index in [2.05, 4.69) is 16.9 Å². The zero-order valence-electron chi connectivity index (χ0n) is 10.6. The summed E-state index contributed by atoms with van der Waals surface area (Å²) in [5.41, 5.74) is 0.972.